The molecule has 8 heteroatoms. The molecule has 0 aliphatic carbocycles. The van der Waals surface area contributed by atoms with Gasteiger partial charge in [-0.25, -0.2) is 22.3 Å². The van der Waals surface area contributed by atoms with Crippen molar-refractivity contribution in [3.8, 4) is 0 Å². The Balaban J connectivity index is 1.80. The molecule has 27 heavy (non-hydrogen) atoms. The van der Waals surface area contributed by atoms with Crippen molar-refractivity contribution in [1.82, 2.24) is 15.4 Å². The minimum atomic E-state index is -3.31. The van der Waals surface area contributed by atoms with Crippen molar-refractivity contribution in [3.05, 3.63) is 71.0 Å². The molecule has 2 aromatic rings. The van der Waals surface area contributed by atoms with Crippen molar-refractivity contribution in [2.24, 2.45) is 0 Å². The van der Waals surface area contributed by atoms with Gasteiger partial charge in [-0.2, -0.15) is 0 Å². The lowest BCUT2D eigenvalue weighted by atomic mass is 10.1. The molecule has 1 unspecified atom stereocenters. The lowest BCUT2D eigenvalue weighted by Gasteiger charge is -2.15. The first kappa shape index (κ1) is 20.9. The fraction of sp³-hybridized carbons (Fsp3) is 0.316. The number of urea groups is 1. The molecule has 1 atom stereocenters. The lowest BCUT2D eigenvalue weighted by Crippen LogP contribution is -2.41. The highest BCUT2D eigenvalue weighted by Crippen LogP contribution is 2.09. The number of benzene rings is 2. The van der Waals surface area contributed by atoms with Crippen molar-refractivity contribution < 1.29 is 17.6 Å². The zero-order valence-electron chi connectivity index (χ0n) is 15.3. The summed E-state index contributed by atoms with van der Waals surface area (Å²) in [5.41, 5.74) is 2.06. The minimum Gasteiger partial charge on any atom is -0.335 e. The molecule has 2 rings (SSSR count). The van der Waals surface area contributed by atoms with Gasteiger partial charge in [0.25, 0.3) is 0 Å². The standard InChI is InChI=1S/C19H24FN3O3S/c1-14(11-17-5-3-4-6-18(17)20)23-19(24)22-12-15-7-9-16(10-8-15)13-27(25,26)21-2/h3-10,14,21H,11-13H2,1-2H3,(H2,22,23,24). The maximum absolute atomic E-state index is 13.6. The number of carbonyl (C=O) groups excluding carboxylic acids is 1. The van der Waals surface area contributed by atoms with Gasteiger partial charge in [-0.15, -0.1) is 0 Å². The summed E-state index contributed by atoms with van der Waals surface area (Å²) in [5.74, 6) is -0.377. The van der Waals surface area contributed by atoms with Crippen molar-refractivity contribution in [2.45, 2.75) is 31.7 Å². The molecular formula is C19H24FN3O3S. The van der Waals surface area contributed by atoms with Crippen LogP contribution in [0.5, 0.6) is 0 Å². The zero-order chi connectivity index (χ0) is 19.9. The molecule has 146 valence electrons. The molecule has 0 fully saturated rings. The number of carbonyl (C=O) groups is 1. The van der Waals surface area contributed by atoms with Crippen molar-refractivity contribution in [1.29, 1.82) is 0 Å². The molecule has 0 aliphatic rings. The van der Waals surface area contributed by atoms with Crippen molar-refractivity contribution in [2.75, 3.05) is 7.05 Å². The number of hydrogen-bond acceptors (Lipinski definition) is 3. The molecule has 0 radical (unpaired) electrons. The van der Waals surface area contributed by atoms with Gasteiger partial charge in [0.1, 0.15) is 5.82 Å². The van der Waals surface area contributed by atoms with Crippen LogP contribution in [0.15, 0.2) is 48.5 Å². The van der Waals surface area contributed by atoms with Crippen LogP contribution in [0.2, 0.25) is 0 Å². The van der Waals surface area contributed by atoms with Crippen LogP contribution in [0.1, 0.15) is 23.6 Å². The molecule has 0 heterocycles. The summed E-state index contributed by atoms with van der Waals surface area (Å²) in [6, 6.07) is 12.9. The summed E-state index contributed by atoms with van der Waals surface area (Å²) in [6.45, 7) is 2.11. The number of amides is 2. The van der Waals surface area contributed by atoms with E-state index < -0.39 is 10.0 Å². The lowest BCUT2D eigenvalue weighted by molar-refractivity contribution is 0.237. The Hall–Kier alpha value is -2.45. The molecule has 0 saturated heterocycles. The van der Waals surface area contributed by atoms with Gasteiger partial charge in [-0.05, 0) is 43.1 Å². The third kappa shape index (κ3) is 6.99. The molecule has 0 saturated carbocycles. The van der Waals surface area contributed by atoms with Crippen LogP contribution in [-0.4, -0.2) is 27.5 Å². The first-order chi connectivity index (χ1) is 12.8. The highest BCUT2D eigenvalue weighted by atomic mass is 32.2. The average Bonchev–Trinajstić information content (AvgIpc) is 2.63. The fourth-order valence-corrected chi connectivity index (χ4v) is 3.32. The van der Waals surface area contributed by atoms with E-state index in [1.807, 2.05) is 6.92 Å². The Morgan fingerprint density at radius 2 is 1.70 bits per heavy atom. The fourth-order valence-electron chi connectivity index (χ4n) is 2.55. The van der Waals surface area contributed by atoms with Crippen LogP contribution < -0.4 is 15.4 Å². The molecule has 0 spiro atoms. The topological polar surface area (TPSA) is 87.3 Å². The quantitative estimate of drug-likeness (QED) is 0.643. The first-order valence-corrected chi connectivity index (χ1v) is 10.2. The first-order valence-electron chi connectivity index (χ1n) is 8.56. The van der Waals surface area contributed by atoms with Crippen LogP contribution in [0.3, 0.4) is 0 Å². The van der Waals surface area contributed by atoms with Gasteiger partial charge in [0.2, 0.25) is 10.0 Å². The largest absolute Gasteiger partial charge is 0.335 e. The van der Waals surface area contributed by atoms with Gasteiger partial charge in [0.05, 0.1) is 5.75 Å². The van der Waals surface area contributed by atoms with Crippen LogP contribution in [0.4, 0.5) is 9.18 Å². The Kier molecular flexibility index (Phi) is 7.32. The third-order valence-corrected chi connectivity index (χ3v) is 5.34. The Bertz CT molecular complexity index is 870. The van der Waals surface area contributed by atoms with Gasteiger partial charge in [-0.3, -0.25) is 0 Å². The van der Waals surface area contributed by atoms with E-state index >= 15 is 0 Å². The number of nitrogens with one attached hydrogen (secondary N) is 3. The van der Waals surface area contributed by atoms with Gasteiger partial charge in [0.15, 0.2) is 0 Å². The van der Waals surface area contributed by atoms with Crippen LogP contribution in [-0.2, 0) is 28.7 Å². The summed E-state index contributed by atoms with van der Waals surface area (Å²) in [4.78, 5) is 12.0. The third-order valence-electron chi connectivity index (χ3n) is 4.01. The Morgan fingerprint density at radius 1 is 1.07 bits per heavy atom. The second-order valence-corrected chi connectivity index (χ2v) is 8.23. The van der Waals surface area contributed by atoms with E-state index in [0.717, 1.165) is 5.56 Å². The van der Waals surface area contributed by atoms with Gasteiger partial charge >= 0.3 is 6.03 Å². The monoisotopic (exact) mass is 393 g/mol. The van der Waals surface area contributed by atoms with E-state index in [2.05, 4.69) is 15.4 Å². The van der Waals surface area contributed by atoms with Gasteiger partial charge in [0, 0.05) is 12.6 Å². The van der Waals surface area contributed by atoms with E-state index in [1.165, 1.54) is 13.1 Å². The maximum atomic E-state index is 13.6. The van der Waals surface area contributed by atoms with E-state index in [4.69, 9.17) is 0 Å². The predicted octanol–water partition coefficient (Wildman–Crippen LogP) is 2.31. The van der Waals surface area contributed by atoms with Crippen molar-refractivity contribution in [3.63, 3.8) is 0 Å². The van der Waals surface area contributed by atoms with Crippen LogP contribution >= 0.6 is 0 Å². The predicted molar refractivity (Wildman–Crippen MR) is 103 cm³/mol. The minimum absolute atomic E-state index is 0.0920. The highest BCUT2D eigenvalue weighted by Gasteiger charge is 2.11. The van der Waals surface area contributed by atoms with E-state index in [9.17, 15) is 17.6 Å². The van der Waals surface area contributed by atoms with Crippen molar-refractivity contribution >= 4 is 16.1 Å². The second-order valence-electron chi connectivity index (χ2n) is 6.30. The Labute approximate surface area is 159 Å². The summed E-state index contributed by atoms with van der Waals surface area (Å²) >= 11 is 0. The molecule has 3 N–H and O–H groups in total. The normalized spacial score (nSPS) is 12.4. The molecule has 6 nitrogen and oxygen atoms in total. The summed E-state index contributed by atoms with van der Waals surface area (Å²) < 4.78 is 39.0. The molecular weight excluding hydrogens is 369 g/mol. The van der Waals surface area contributed by atoms with Crippen LogP contribution in [0, 0.1) is 5.82 Å². The summed E-state index contributed by atoms with van der Waals surface area (Å²) in [6.07, 6.45) is 0.398. The van der Waals surface area contributed by atoms with Gasteiger partial charge < -0.3 is 10.6 Å². The molecule has 2 amide bonds. The molecule has 0 aliphatic heterocycles. The highest BCUT2D eigenvalue weighted by molar-refractivity contribution is 7.88. The Morgan fingerprint density at radius 3 is 2.33 bits per heavy atom. The molecule has 0 bridgehead atoms. The summed E-state index contributed by atoms with van der Waals surface area (Å²) in [5, 5.41) is 5.51. The number of hydrogen-bond donors (Lipinski definition) is 3. The summed E-state index contributed by atoms with van der Waals surface area (Å²) in [7, 11) is -1.94. The van der Waals surface area contributed by atoms with E-state index in [0.29, 0.717) is 24.1 Å². The van der Waals surface area contributed by atoms with E-state index in [-0.39, 0.29) is 23.6 Å². The number of rotatable bonds is 8. The average molecular weight is 393 g/mol. The smallest absolute Gasteiger partial charge is 0.315 e. The van der Waals surface area contributed by atoms with Crippen LogP contribution in [0.25, 0.3) is 0 Å². The maximum Gasteiger partial charge on any atom is 0.315 e. The molecule has 0 aromatic heterocycles. The van der Waals surface area contributed by atoms with E-state index in [1.54, 1.807) is 42.5 Å². The van der Waals surface area contributed by atoms with Gasteiger partial charge in [-0.1, -0.05) is 42.5 Å². The number of halogens is 1. The molecule has 2 aromatic carbocycles. The SMILES string of the molecule is CNS(=O)(=O)Cc1ccc(CNC(=O)NC(C)Cc2ccccc2F)cc1. The zero-order valence-corrected chi connectivity index (χ0v) is 16.1. The second kappa shape index (κ2) is 9.48. The number of sulfonamides is 1.